The molecule has 3 heterocycles. The monoisotopic (exact) mass is 311 g/mol. The lowest BCUT2D eigenvalue weighted by molar-refractivity contribution is 0.0950. The molecule has 0 fully saturated rings. The largest absolute Gasteiger partial charge is 0.348 e. The average molecular weight is 311 g/mol. The molecular weight excluding hydrogens is 298 g/mol. The highest BCUT2D eigenvalue weighted by molar-refractivity contribution is 5.96. The molecule has 1 amide bonds. The Hall–Kier alpha value is -3.29. The molecule has 0 saturated carbocycles. The minimum Gasteiger partial charge on any atom is -0.348 e. The van der Waals surface area contributed by atoms with Crippen molar-refractivity contribution in [2.24, 2.45) is 7.05 Å². The summed E-state index contributed by atoms with van der Waals surface area (Å²) >= 11 is 0. The summed E-state index contributed by atoms with van der Waals surface area (Å²) in [6, 6.07) is 5.03. The van der Waals surface area contributed by atoms with Crippen molar-refractivity contribution in [3.8, 4) is 0 Å². The summed E-state index contributed by atoms with van der Waals surface area (Å²) in [6.07, 6.45) is 4.63. The van der Waals surface area contributed by atoms with E-state index in [2.05, 4.69) is 20.3 Å². The predicted molar refractivity (Wildman–Crippen MR) is 83.0 cm³/mol. The van der Waals surface area contributed by atoms with E-state index in [1.807, 2.05) is 6.07 Å². The summed E-state index contributed by atoms with van der Waals surface area (Å²) in [6.45, 7) is 0.314. The molecule has 8 heteroatoms. The first-order valence-corrected chi connectivity index (χ1v) is 6.82. The second-order valence-electron chi connectivity index (χ2n) is 4.96. The van der Waals surface area contributed by atoms with Crippen LogP contribution in [-0.4, -0.2) is 25.4 Å². The van der Waals surface area contributed by atoms with Gasteiger partial charge in [-0.1, -0.05) is 6.07 Å². The molecule has 0 aliphatic carbocycles. The fraction of sp³-hybridized carbons (Fsp3) is 0.133. The predicted octanol–water partition coefficient (Wildman–Crippen LogP) is -0.0532. The SMILES string of the molecule is Cn1c(=O)[nH]c(=O)c2cc(C(=O)NCc3cccnc3)cnc21. The fourth-order valence-electron chi connectivity index (χ4n) is 2.15. The molecule has 0 bridgehead atoms. The van der Waals surface area contributed by atoms with E-state index in [1.54, 1.807) is 18.5 Å². The molecule has 2 N–H and O–H groups in total. The van der Waals surface area contributed by atoms with Crippen LogP contribution in [0.5, 0.6) is 0 Å². The van der Waals surface area contributed by atoms with E-state index in [9.17, 15) is 14.4 Å². The molecule has 3 rings (SSSR count). The zero-order valence-electron chi connectivity index (χ0n) is 12.2. The maximum Gasteiger partial charge on any atom is 0.329 e. The van der Waals surface area contributed by atoms with Gasteiger partial charge in [0.05, 0.1) is 10.9 Å². The number of carbonyl (C=O) groups is 1. The van der Waals surface area contributed by atoms with E-state index < -0.39 is 11.2 Å². The van der Waals surface area contributed by atoms with Gasteiger partial charge < -0.3 is 5.32 Å². The molecule has 116 valence electrons. The number of nitrogens with one attached hydrogen (secondary N) is 2. The maximum atomic E-state index is 12.2. The van der Waals surface area contributed by atoms with Crippen molar-refractivity contribution in [1.82, 2.24) is 24.8 Å². The number of fused-ring (bicyclic) bond motifs is 1. The molecule has 23 heavy (non-hydrogen) atoms. The highest BCUT2D eigenvalue weighted by atomic mass is 16.2. The Balaban J connectivity index is 1.90. The van der Waals surface area contributed by atoms with Gasteiger partial charge in [0.15, 0.2) is 0 Å². The first-order chi connectivity index (χ1) is 11.1. The first kappa shape index (κ1) is 14.6. The van der Waals surface area contributed by atoms with Gasteiger partial charge in [0.25, 0.3) is 11.5 Å². The highest BCUT2D eigenvalue weighted by Gasteiger charge is 2.11. The van der Waals surface area contributed by atoms with E-state index in [0.29, 0.717) is 6.54 Å². The quantitative estimate of drug-likeness (QED) is 0.704. The summed E-state index contributed by atoms with van der Waals surface area (Å²) in [5, 5.41) is 2.91. The van der Waals surface area contributed by atoms with Crippen molar-refractivity contribution in [3.05, 3.63) is 68.8 Å². The third kappa shape index (κ3) is 2.86. The number of amides is 1. The number of aromatic amines is 1. The summed E-state index contributed by atoms with van der Waals surface area (Å²) in [4.78, 5) is 45.7. The Labute approximate surface area is 129 Å². The van der Waals surface area contributed by atoms with E-state index in [1.165, 1.54) is 23.9 Å². The number of aryl methyl sites for hydroxylation is 1. The molecule has 8 nitrogen and oxygen atoms in total. The number of hydrogen-bond acceptors (Lipinski definition) is 5. The van der Waals surface area contributed by atoms with Gasteiger partial charge in [0, 0.05) is 32.2 Å². The number of H-pyrrole nitrogens is 1. The second-order valence-corrected chi connectivity index (χ2v) is 4.96. The van der Waals surface area contributed by atoms with Crippen molar-refractivity contribution < 1.29 is 4.79 Å². The third-order valence-electron chi connectivity index (χ3n) is 3.39. The molecule has 0 aromatic carbocycles. The van der Waals surface area contributed by atoms with Crippen molar-refractivity contribution >= 4 is 16.9 Å². The van der Waals surface area contributed by atoms with Crippen LogP contribution in [0.1, 0.15) is 15.9 Å². The minimum atomic E-state index is -0.572. The fourth-order valence-corrected chi connectivity index (χ4v) is 2.15. The Kier molecular flexibility index (Phi) is 3.71. The Morgan fingerprint density at radius 3 is 2.91 bits per heavy atom. The van der Waals surface area contributed by atoms with Crippen LogP contribution in [-0.2, 0) is 13.6 Å². The smallest absolute Gasteiger partial charge is 0.329 e. The molecule has 3 aromatic rings. The molecule has 0 spiro atoms. The van der Waals surface area contributed by atoms with Crippen LogP contribution >= 0.6 is 0 Å². The van der Waals surface area contributed by atoms with Gasteiger partial charge in [-0.3, -0.25) is 24.1 Å². The summed E-state index contributed by atoms with van der Waals surface area (Å²) < 4.78 is 1.22. The van der Waals surface area contributed by atoms with Crippen LogP contribution in [0.15, 0.2) is 46.4 Å². The zero-order valence-corrected chi connectivity index (χ0v) is 12.2. The van der Waals surface area contributed by atoms with Crippen LogP contribution in [0.3, 0.4) is 0 Å². The molecule has 0 radical (unpaired) electrons. The van der Waals surface area contributed by atoms with Crippen LogP contribution < -0.4 is 16.6 Å². The minimum absolute atomic E-state index is 0.182. The van der Waals surface area contributed by atoms with E-state index in [0.717, 1.165) is 5.56 Å². The van der Waals surface area contributed by atoms with Gasteiger partial charge in [0.1, 0.15) is 5.65 Å². The van der Waals surface area contributed by atoms with Crippen LogP contribution in [0.2, 0.25) is 0 Å². The van der Waals surface area contributed by atoms with Gasteiger partial charge in [-0.25, -0.2) is 9.78 Å². The molecule has 0 unspecified atom stereocenters. The molecule has 0 saturated heterocycles. The Bertz CT molecular complexity index is 991. The number of hydrogen-bond donors (Lipinski definition) is 2. The highest BCUT2D eigenvalue weighted by Crippen LogP contribution is 2.07. The summed E-state index contributed by atoms with van der Waals surface area (Å²) in [7, 11) is 1.50. The van der Waals surface area contributed by atoms with E-state index in [-0.39, 0.29) is 22.5 Å². The Morgan fingerprint density at radius 1 is 1.35 bits per heavy atom. The van der Waals surface area contributed by atoms with Crippen molar-refractivity contribution in [2.45, 2.75) is 6.54 Å². The molecule has 3 aromatic heterocycles. The van der Waals surface area contributed by atoms with Crippen LogP contribution in [0.25, 0.3) is 11.0 Å². The maximum absolute atomic E-state index is 12.2. The molecular formula is C15H13N5O3. The normalized spacial score (nSPS) is 10.7. The Morgan fingerprint density at radius 2 is 2.17 bits per heavy atom. The van der Waals surface area contributed by atoms with Gasteiger partial charge in [0.2, 0.25) is 0 Å². The van der Waals surface area contributed by atoms with Gasteiger partial charge in [-0.05, 0) is 17.7 Å². The van der Waals surface area contributed by atoms with Gasteiger partial charge in [-0.15, -0.1) is 0 Å². The van der Waals surface area contributed by atoms with Crippen molar-refractivity contribution in [1.29, 1.82) is 0 Å². The third-order valence-corrected chi connectivity index (χ3v) is 3.39. The molecule has 0 aliphatic rings. The second kappa shape index (κ2) is 5.84. The average Bonchev–Trinajstić information content (AvgIpc) is 2.58. The van der Waals surface area contributed by atoms with Crippen LogP contribution in [0, 0.1) is 0 Å². The lowest BCUT2D eigenvalue weighted by atomic mass is 10.2. The van der Waals surface area contributed by atoms with E-state index in [4.69, 9.17) is 0 Å². The number of carbonyl (C=O) groups excluding carboxylic acids is 1. The summed E-state index contributed by atoms with van der Waals surface area (Å²) in [5.74, 6) is -0.364. The lowest BCUT2D eigenvalue weighted by Crippen LogP contribution is -2.29. The number of pyridine rings is 2. The topological polar surface area (TPSA) is 110 Å². The number of rotatable bonds is 3. The van der Waals surface area contributed by atoms with Crippen molar-refractivity contribution in [2.75, 3.05) is 0 Å². The lowest BCUT2D eigenvalue weighted by Gasteiger charge is -2.07. The molecule has 0 atom stereocenters. The van der Waals surface area contributed by atoms with Crippen molar-refractivity contribution in [3.63, 3.8) is 0 Å². The molecule has 0 aliphatic heterocycles. The van der Waals surface area contributed by atoms with Gasteiger partial charge >= 0.3 is 5.69 Å². The summed E-state index contributed by atoms with van der Waals surface area (Å²) in [5.41, 5.74) is 0.198. The van der Waals surface area contributed by atoms with Crippen LogP contribution in [0.4, 0.5) is 0 Å². The first-order valence-electron chi connectivity index (χ1n) is 6.82. The number of aromatic nitrogens is 4. The number of nitrogens with zero attached hydrogens (tertiary/aromatic N) is 3. The van der Waals surface area contributed by atoms with E-state index >= 15 is 0 Å². The van der Waals surface area contributed by atoms with Gasteiger partial charge in [-0.2, -0.15) is 0 Å². The standard InChI is InChI=1S/C15H13N5O3/c1-20-12-11(14(22)19-15(20)23)5-10(8-17-12)13(21)18-7-9-3-2-4-16-6-9/h2-6,8H,7H2,1H3,(H,18,21)(H,19,22,23). The zero-order chi connectivity index (χ0) is 16.4.